The zero-order chi connectivity index (χ0) is 31.7. The van der Waals surface area contributed by atoms with Crippen molar-refractivity contribution in [2.24, 2.45) is 56.7 Å². The zero-order valence-corrected chi connectivity index (χ0v) is 29.0. The Labute approximate surface area is 267 Å². The van der Waals surface area contributed by atoms with Crippen molar-refractivity contribution in [2.75, 3.05) is 7.11 Å². The van der Waals surface area contributed by atoms with Gasteiger partial charge in [-0.05, 0) is 133 Å². The smallest absolute Gasteiger partial charge is 0.331 e. The Morgan fingerprint density at radius 1 is 0.932 bits per heavy atom. The first-order valence-electron chi connectivity index (χ1n) is 18.0. The summed E-state index contributed by atoms with van der Waals surface area (Å²) in [6, 6.07) is 5.09. The van der Waals surface area contributed by atoms with Gasteiger partial charge in [-0.3, -0.25) is 0 Å². The molecule has 5 aliphatic carbocycles. The third kappa shape index (κ3) is 4.69. The number of phenols is 1. The van der Waals surface area contributed by atoms with Gasteiger partial charge in [-0.25, -0.2) is 4.79 Å². The van der Waals surface area contributed by atoms with Crippen molar-refractivity contribution in [3.05, 3.63) is 29.8 Å². The minimum atomic E-state index is -0.272. The highest BCUT2D eigenvalue weighted by Gasteiger charge is 2.82. The molecule has 9 atom stereocenters. The average Bonchev–Trinajstić information content (AvgIpc) is 3.55. The van der Waals surface area contributed by atoms with Crippen LogP contribution in [0.1, 0.15) is 131 Å². The number of methoxy groups -OCH3 is 1. The molecule has 6 rings (SSSR count). The molecule has 0 aliphatic heterocycles. The molecule has 5 aliphatic rings. The van der Waals surface area contributed by atoms with Crippen molar-refractivity contribution >= 4 is 12.0 Å². The van der Waals surface area contributed by atoms with Crippen molar-refractivity contribution in [3.63, 3.8) is 0 Å². The van der Waals surface area contributed by atoms with Crippen LogP contribution in [0, 0.1) is 56.7 Å². The van der Waals surface area contributed by atoms with Crippen LogP contribution in [0.2, 0.25) is 0 Å². The lowest BCUT2D eigenvalue weighted by Crippen LogP contribution is -2.58. The van der Waals surface area contributed by atoms with Gasteiger partial charge in [0.15, 0.2) is 11.5 Å². The molecule has 0 unspecified atom stereocenters. The van der Waals surface area contributed by atoms with Crippen molar-refractivity contribution in [1.82, 2.24) is 0 Å². The molecule has 5 saturated carbocycles. The van der Waals surface area contributed by atoms with Crippen molar-refractivity contribution in [2.45, 2.75) is 132 Å². The minimum Gasteiger partial charge on any atom is -0.504 e. The van der Waals surface area contributed by atoms with E-state index in [0.717, 1.165) is 35.7 Å². The normalized spacial score (nSPS) is 40.9. The summed E-state index contributed by atoms with van der Waals surface area (Å²) in [5.41, 5.74) is 2.69. The first kappa shape index (κ1) is 32.0. The number of carbonyl (C=O) groups excluding carboxylic acids is 1. The number of esters is 1. The maximum atomic E-state index is 13.1. The van der Waals surface area contributed by atoms with Crippen molar-refractivity contribution in [3.8, 4) is 11.5 Å². The second kappa shape index (κ2) is 11.1. The molecule has 4 heteroatoms. The van der Waals surface area contributed by atoms with Gasteiger partial charge in [-0.2, -0.15) is 0 Å². The van der Waals surface area contributed by atoms with Crippen LogP contribution in [0.4, 0.5) is 0 Å². The summed E-state index contributed by atoms with van der Waals surface area (Å²) in [5, 5.41) is 9.88. The Balaban J connectivity index is 1.14. The van der Waals surface area contributed by atoms with Gasteiger partial charge in [-0.15, -0.1) is 0 Å². The molecule has 0 amide bonds. The maximum Gasteiger partial charge on any atom is 0.331 e. The molecule has 5 fully saturated rings. The number of aromatic hydroxyl groups is 1. The van der Waals surface area contributed by atoms with E-state index in [9.17, 15) is 9.90 Å². The van der Waals surface area contributed by atoms with Gasteiger partial charge in [0.25, 0.3) is 0 Å². The lowest BCUT2D eigenvalue weighted by atomic mass is 9.41. The summed E-state index contributed by atoms with van der Waals surface area (Å²) in [4.78, 5) is 13.1. The predicted octanol–water partition coefficient (Wildman–Crippen LogP) is 10.2. The number of fused-ring (bicyclic) bond motifs is 2. The number of phenolic OH excluding ortho intramolecular Hbond substituents is 1. The summed E-state index contributed by atoms with van der Waals surface area (Å²) < 4.78 is 11.5. The number of carbonyl (C=O) groups is 1. The highest BCUT2D eigenvalue weighted by Crippen LogP contribution is 2.89. The summed E-state index contributed by atoms with van der Waals surface area (Å²) in [6.45, 7) is 17.6. The predicted molar refractivity (Wildman–Crippen MR) is 178 cm³/mol. The minimum absolute atomic E-state index is 0.0250. The highest BCUT2D eigenvalue weighted by atomic mass is 16.5. The van der Waals surface area contributed by atoms with Gasteiger partial charge < -0.3 is 14.6 Å². The Kier molecular flexibility index (Phi) is 8.06. The summed E-state index contributed by atoms with van der Waals surface area (Å²) in [7, 11) is 1.53. The summed E-state index contributed by atoms with van der Waals surface area (Å²) >= 11 is 0. The van der Waals surface area contributed by atoms with E-state index in [0.29, 0.717) is 33.3 Å². The van der Waals surface area contributed by atoms with E-state index in [1.165, 1.54) is 83.8 Å². The van der Waals surface area contributed by atoms with Gasteiger partial charge in [0, 0.05) is 11.5 Å². The third-order valence-electron chi connectivity index (χ3n) is 15.1. The van der Waals surface area contributed by atoms with Gasteiger partial charge in [0.2, 0.25) is 0 Å². The van der Waals surface area contributed by atoms with Crippen molar-refractivity contribution < 1.29 is 19.4 Å². The molecular formula is C40H60O4. The molecule has 244 valence electrons. The number of hydrogen-bond acceptors (Lipinski definition) is 4. The van der Waals surface area contributed by atoms with E-state index in [1.54, 1.807) is 24.3 Å². The van der Waals surface area contributed by atoms with Crippen LogP contribution in [-0.4, -0.2) is 24.3 Å². The first-order valence-corrected chi connectivity index (χ1v) is 18.0. The number of benzene rings is 1. The fourth-order valence-corrected chi connectivity index (χ4v) is 12.7. The Hall–Kier alpha value is -1.97. The van der Waals surface area contributed by atoms with Gasteiger partial charge in [0.05, 0.1) is 7.11 Å². The molecule has 0 saturated heterocycles. The quantitative estimate of drug-likeness (QED) is 0.225. The van der Waals surface area contributed by atoms with E-state index in [1.807, 2.05) is 0 Å². The number of ether oxygens (including phenoxy) is 2. The fourth-order valence-electron chi connectivity index (χ4n) is 12.7. The van der Waals surface area contributed by atoms with E-state index < -0.39 is 0 Å². The standard InChI is InChI=1S/C40H60O4/c1-26(2)10-9-11-27(3)29-18-20-38(7)33-16-15-32-36(4,5)34(19-21-39(32)25-40(33,39)23-22-37(29,38)6)44-35(42)17-13-28-12-14-30(41)31(24-28)43-8/h12-14,17,24,26-27,29,32-34,41H,9-11,15-16,18-23,25H2,1-8H3/b17-13+/t27-,29-,32-,33+,34+,37-,38+,39-,40+/m1/s1. The molecule has 1 N–H and O–H groups in total. The number of rotatable bonds is 9. The molecule has 0 bridgehead atoms. The molecule has 4 nitrogen and oxygen atoms in total. The zero-order valence-electron chi connectivity index (χ0n) is 29.0. The van der Waals surface area contributed by atoms with E-state index >= 15 is 0 Å². The van der Waals surface area contributed by atoms with E-state index in [2.05, 4.69) is 48.5 Å². The van der Waals surface area contributed by atoms with Crippen LogP contribution >= 0.6 is 0 Å². The van der Waals surface area contributed by atoms with Gasteiger partial charge in [0.1, 0.15) is 6.10 Å². The number of hydrogen-bond donors (Lipinski definition) is 1. The van der Waals surface area contributed by atoms with E-state index in [4.69, 9.17) is 9.47 Å². The molecular weight excluding hydrogens is 544 g/mol. The monoisotopic (exact) mass is 604 g/mol. The van der Waals surface area contributed by atoms with E-state index in [-0.39, 0.29) is 23.2 Å². The van der Waals surface area contributed by atoms with Crippen LogP contribution in [0.25, 0.3) is 6.08 Å². The molecule has 1 aromatic rings. The molecule has 0 aromatic heterocycles. The average molecular weight is 605 g/mol. The SMILES string of the molecule is COc1cc(/C=C/C(=O)O[C@H]2CC[C@]34C[C@]35CC[C@]3(C)[C@@H]([C@H](C)CCCC(C)C)CC[C@@]3(C)[C@@H]5CC[C@@H]4C2(C)C)ccc1O. The molecule has 1 aromatic carbocycles. The van der Waals surface area contributed by atoms with Gasteiger partial charge in [-0.1, -0.05) is 73.8 Å². The topological polar surface area (TPSA) is 55.8 Å². The Morgan fingerprint density at radius 2 is 1.66 bits per heavy atom. The second-order valence-corrected chi connectivity index (χ2v) is 17.5. The lowest BCUT2D eigenvalue weighted by molar-refractivity contribution is -0.179. The molecule has 0 radical (unpaired) electrons. The van der Waals surface area contributed by atoms with Crippen LogP contribution in [0.3, 0.4) is 0 Å². The summed E-state index contributed by atoms with van der Waals surface area (Å²) in [6.07, 6.45) is 19.4. The van der Waals surface area contributed by atoms with Crippen LogP contribution in [0.15, 0.2) is 24.3 Å². The Bertz CT molecular complexity index is 1280. The molecule has 2 spiro atoms. The van der Waals surface area contributed by atoms with Gasteiger partial charge >= 0.3 is 5.97 Å². The molecule has 0 heterocycles. The maximum absolute atomic E-state index is 13.1. The van der Waals surface area contributed by atoms with Crippen LogP contribution < -0.4 is 4.74 Å². The highest BCUT2D eigenvalue weighted by molar-refractivity contribution is 5.87. The fraction of sp³-hybridized carbons (Fsp3) is 0.775. The second-order valence-electron chi connectivity index (χ2n) is 17.5. The molecule has 44 heavy (non-hydrogen) atoms. The van der Waals surface area contributed by atoms with Crippen LogP contribution in [-0.2, 0) is 9.53 Å². The summed E-state index contributed by atoms with van der Waals surface area (Å²) in [5.74, 6) is 4.24. The first-order chi connectivity index (χ1) is 20.7. The third-order valence-corrected chi connectivity index (χ3v) is 15.1. The lowest BCUT2D eigenvalue weighted by Gasteiger charge is -2.63. The largest absolute Gasteiger partial charge is 0.504 e. The van der Waals surface area contributed by atoms with Crippen molar-refractivity contribution in [1.29, 1.82) is 0 Å². The van der Waals surface area contributed by atoms with Crippen LogP contribution in [0.5, 0.6) is 11.5 Å². The Morgan fingerprint density at radius 3 is 2.39 bits per heavy atom.